The second-order valence-corrected chi connectivity index (χ2v) is 15.9. The Bertz CT molecular complexity index is 3420. The van der Waals surface area contributed by atoms with Crippen molar-refractivity contribution in [1.82, 2.24) is 15.0 Å². The highest BCUT2D eigenvalue weighted by molar-refractivity contribution is 6.13. The lowest BCUT2D eigenvalue weighted by Gasteiger charge is -2.34. The molecule has 1 aliphatic carbocycles. The molecule has 0 fully saturated rings. The van der Waals surface area contributed by atoms with Crippen LogP contribution in [0.4, 0.5) is 0 Å². The van der Waals surface area contributed by atoms with Gasteiger partial charge in [-0.1, -0.05) is 200 Å². The zero-order chi connectivity index (χ0) is 41.0. The van der Waals surface area contributed by atoms with E-state index in [4.69, 9.17) is 19.4 Å². The molecular weight excluding hydrogens is 755 g/mol. The summed E-state index contributed by atoms with van der Waals surface area (Å²) in [4.78, 5) is 15.8. The third-order valence-corrected chi connectivity index (χ3v) is 12.4. The molecule has 0 N–H and O–H groups in total. The maximum atomic E-state index is 6.56. The van der Waals surface area contributed by atoms with Crippen molar-refractivity contribution in [2.45, 2.75) is 5.41 Å². The zero-order valence-corrected chi connectivity index (χ0v) is 33.6. The average Bonchev–Trinajstić information content (AvgIpc) is 3.88. The molecule has 2 aromatic heterocycles. The van der Waals surface area contributed by atoms with Crippen LogP contribution in [0.2, 0.25) is 0 Å². The molecule has 0 amide bonds. The lowest BCUT2D eigenvalue weighted by molar-refractivity contribution is 0.669. The second-order valence-electron chi connectivity index (χ2n) is 15.9. The smallest absolute Gasteiger partial charge is 0.164 e. The Hall–Kier alpha value is -8.21. The van der Waals surface area contributed by atoms with Gasteiger partial charge in [-0.3, -0.25) is 0 Å². The normalized spacial score (nSPS) is 12.6. The van der Waals surface area contributed by atoms with E-state index in [0.29, 0.717) is 17.5 Å². The molecule has 0 unspecified atom stereocenters. The fourth-order valence-electron chi connectivity index (χ4n) is 9.73. The van der Waals surface area contributed by atoms with Gasteiger partial charge in [-0.25, -0.2) is 15.0 Å². The van der Waals surface area contributed by atoms with Crippen LogP contribution in [-0.4, -0.2) is 15.0 Å². The number of hydrogen-bond donors (Lipinski definition) is 0. The first kappa shape index (κ1) is 35.7. The molecule has 4 heteroatoms. The first-order valence-corrected chi connectivity index (χ1v) is 21.0. The van der Waals surface area contributed by atoms with Crippen molar-refractivity contribution in [1.29, 1.82) is 0 Å². The van der Waals surface area contributed by atoms with Gasteiger partial charge in [0.1, 0.15) is 11.2 Å². The number of benzene rings is 9. The van der Waals surface area contributed by atoms with Crippen molar-refractivity contribution in [3.63, 3.8) is 0 Å². The number of nitrogens with zero attached hydrogens (tertiary/aromatic N) is 3. The molecule has 0 aliphatic heterocycles. The molecule has 0 atom stereocenters. The van der Waals surface area contributed by atoms with E-state index in [9.17, 15) is 0 Å². The van der Waals surface area contributed by atoms with Crippen molar-refractivity contribution < 1.29 is 4.42 Å². The minimum atomic E-state index is -0.555. The Morgan fingerprint density at radius 2 is 0.806 bits per heavy atom. The highest BCUT2D eigenvalue weighted by Gasteiger charge is 2.46. The van der Waals surface area contributed by atoms with Crippen LogP contribution >= 0.6 is 0 Å². The van der Waals surface area contributed by atoms with Crippen LogP contribution in [0, 0.1) is 0 Å². The topological polar surface area (TPSA) is 51.8 Å². The van der Waals surface area contributed by atoms with Crippen LogP contribution in [0.1, 0.15) is 22.3 Å². The molecular formula is C58H37N3O. The predicted octanol–water partition coefficient (Wildman–Crippen LogP) is 14.5. The van der Waals surface area contributed by atoms with Gasteiger partial charge in [0.05, 0.1) is 5.41 Å². The van der Waals surface area contributed by atoms with Crippen LogP contribution in [-0.2, 0) is 5.41 Å². The summed E-state index contributed by atoms with van der Waals surface area (Å²) < 4.78 is 6.56. The second kappa shape index (κ2) is 14.5. The Morgan fingerprint density at radius 1 is 0.306 bits per heavy atom. The summed E-state index contributed by atoms with van der Waals surface area (Å²) in [5, 5.41) is 1.97. The van der Waals surface area contributed by atoms with Crippen molar-refractivity contribution in [3.05, 3.63) is 247 Å². The first-order valence-electron chi connectivity index (χ1n) is 21.0. The van der Waals surface area contributed by atoms with Crippen molar-refractivity contribution >= 4 is 21.9 Å². The van der Waals surface area contributed by atoms with E-state index in [0.717, 1.165) is 55.3 Å². The van der Waals surface area contributed by atoms with E-state index in [2.05, 4.69) is 194 Å². The maximum absolute atomic E-state index is 6.56. The molecule has 0 saturated carbocycles. The van der Waals surface area contributed by atoms with Gasteiger partial charge in [0.25, 0.3) is 0 Å². The number of fused-ring (bicyclic) bond motifs is 6. The predicted molar refractivity (Wildman–Crippen MR) is 252 cm³/mol. The number of rotatable bonds is 7. The Kier molecular flexibility index (Phi) is 8.36. The van der Waals surface area contributed by atoms with Gasteiger partial charge in [-0.05, 0) is 79.9 Å². The zero-order valence-electron chi connectivity index (χ0n) is 33.6. The molecule has 0 bridgehead atoms. The highest BCUT2D eigenvalue weighted by Crippen LogP contribution is 2.56. The molecule has 2 heterocycles. The van der Waals surface area contributed by atoms with Crippen LogP contribution < -0.4 is 0 Å². The Labute approximate surface area is 359 Å². The van der Waals surface area contributed by atoms with E-state index in [-0.39, 0.29) is 0 Å². The van der Waals surface area contributed by atoms with Gasteiger partial charge in [0.2, 0.25) is 0 Å². The molecule has 1 aliphatic rings. The summed E-state index contributed by atoms with van der Waals surface area (Å²) in [5.74, 6) is 1.78. The third-order valence-electron chi connectivity index (χ3n) is 12.4. The summed E-state index contributed by atoms with van der Waals surface area (Å²) in [7, 11) is 0. The largest absolute Gasteiger partial charge is 0.456 e. The number of hydrogen-bond acceptors (Lipinski definition) is 4. The maximum Gasteiger partial charge on any atom is 0.164 e. The summed E-state index contributed by atoms with van der Waals surface area (Å²) in [6, 6.07) is 79.2. The van der Waals surface area contributed by atoms with Crippen LogP contribution in [0.15, 0.2) is 229 Å². The quantitative estimate of drug-likeness (QED) is 0.161. The van der Waals surface area contributed by atoms with E-state index in [1.807, 2.05) is 30.3 Å². The summed E-state index contributed by atoms with van der Waals surface area (Å²) in [6.45, 7) is 0. The molecule has 290 valence electrons. The Morgan fingerprint density at radius 3 is 1.50 bits per heavy atom. The number of furan rings is 1. The fourth-order valence-corrected chi connectivity index (χ4v) is 9.73. The van der Waals surface area contributed by atoms with Crippen LogP contribution in [0.3, 0.4) is 0 Å². The molecule has 0 saturated heterocycles. The minimum absolute atomic E-state index is 0.555. The molecule has 11 aromatic rings. The van der Waals surface area contributed by atoms with Crippen molar-refractivity contribution in [2.24, 2.45) is 0 Å². The number of aromatic nitrogens is 3. The van der Waals surface area contributed by atoms with Gasteiger partial charge in [0, 0.05) is 27.5 Å². The van der Waals surface area contributed by atoms with Gasteiger partial charge in [-0.15, -0.1) is 0 Å². The molecule has 0 radical (unpaired) electrons. The Balaban J connectivity index is 1.06. The minimum Gasteiger partial charge on any atom is -0.456 e. The summed E-state index contributed by atoms with van der Waals surface area (Å²) in [6.07, 6.45) is 0. The monoisotopic (exact) mass is 791 g/mol. The molecule has 9 aromatic carbocycles. The summed E-state index contributed by atoms with van der Waals surface area (Å²) >= 11 is 0. The van der Waals surface area contributed by atoms with Crippen molar-refractivity contribution in [3.8, 4) is 67.5 Å². The molecule has 12 rings (SSSR count). The van der Waals surface area contributed by atoms with E-state index < -0.39 is 5.41 Å². The van der Waals surface area contributed by atoms with Gasteiger partial charge in [-0.2, -0.15) is 0 Å². The molecule has 4 nitrogen and oxygen atoms in total. The standard InChI is InChI=1S/C58H37N3O/c1-4-18-38(19-5-1)44-26-10-11-27-45(44)40-34-35-52-49(37-40)54-48(30-17-33-53(54)62-52)57-60-55(39-20-6-2-7-21-39)59-56(61-57)41-22-16-25-43(36-41)58(42-23-8-3-9-24-42)50-31-14-12-28-46(50)47-29-13-15-32-51(47)58/h1-37H. The third kappa shape index (κ3) is 5.65. The summed E-state index contributed by atoms with van der Waals surface area (Å²) in [5.41, 5.74) is 15.7. The van der Waals surface area contributed by atoms with Crippen molar-refractivity contribution in [2.75, 3.05) is 0 Å². The molecule has 0 spiro atoms. The SMILES string of the molecule is c1ccc(-c2nc(-c3cccc(C4(c5ccccc5)c5ccccc5-c5ccccc54)c3)nc(-c3cccc4oc5ccc(-c6ccccc6-c6ccccc6)cc5c34)n2)cc1. The highest BCUT2D eigenvalue weighted by atomic mass is 16.3. The van der Waals surface area contributed by atoms with Gasteiger partial charge >= 0.3 is 0 Å². The average molecular weight is 792 g/mol. The fraction of sp³-hybridized carbons (Fsp3) is 0.0172. The first-order chi connectivity index (χ1) is 30.7. The lowest BCUT2D eigenvalue weighted by atomic mass is 9.67. The lowest BCUT2D eigenvalue weighted by Crippen LogP contribution is -2.28. The van der Waals surface area contributed by atoms with Gasteiger partial charge in [0.15, 0.2) is 17.5 Å². The van der Waals surface area contributed by atoms with Gasteiger partial charge < -0.3 is 4.42 Å². The van der Waals surface area contributed by atoms with E-state index in [1.165, 1.54) is 38.9 Å². The van der Waals surface area contributed by atoms with E-state index in [1.54, 1.807) is 0 Å². The van der Waals surface area contributed by atoms with Crippen LogP contribution in [0.5, 0.6) is 0 Å². The van der Waals surface area contributed by atoms with E-state index >= 15 is 0 Å². The van der Waals surface area contributed by atoms with Crippen LogP contribution in [0.25, 0.3) is 89.5 Å². The molecule has 62 heavy (non-hydrogen) atoms.